The van der Waals surface area contributed by atoms with Gasteiger partial charge in [-0.05, 0) is 25.1 Å². The van der Waals surface area contributed by atoms with Crippen molar-refractivity contribution in [3.8, 4) is 5.75 Å². The lowest BCUT2D eigenvalue weighted by atomic mass is 10.2. The van der Waals surface area contributed by atoms with Gasteiger partial charge >= 0.3 is 0 Å². The first kappa shape index (κ1) is 16.1. The molecule has 0 amide bonds. The molecule has 0 aromatic heterocycles. The quantitative estimate of drug-likeness (QED) is 0.651. The van der Waals surface area contributed by atoms with Crippen LogP contribution in [-0.2, 0) is 6.54 Å². The highest BCUT2D eigenvalue weighted by Crippen LogP contribution is 2.24. The van der Waals surface area contributed by atoms with E-state index in [1.807, 2.05) is 19.1 Å². The molecule has 0 fully saturated rings. The van der Waals surface area contributed by atoms with Crippen molar-refractivity contribution in [2.45, 2.75) is 13.5 Å². The number of halogens is 3. The fraction of sp³-hybridized carbons (Fsp3) is 0.538. The zero-order chi connectivity index (χ0) is 13.4. The first-order chi connectivity index (χ1) is 8.71. The van der Waals surface area contributed by atoms with Crippen molar-refractivity contribution in [3.05, 3.63) is 28.2 Å². The number of ether oxygens (including phenoxy) is 1. The maximum absolute atomic E-state index is 5.81. The summed E-state index contributed by atoms with van der Waals surface area (Å²) in [6.07, 6.45) is 0. The van der Waals surface area contributed by atoms with Crippen LogP contribution in [0.25, 0.3) is 0 Å². The van der Waals surface area contributed by atoms with Crippen LogP contribution in [0.5, 0.6) is 5.75 Å². The van der Waals surface area contributed by atoms with Gasteiger partial charge in [0, 0.05) is 41.4 Å². The van der Waals surface area contributed by atoms with Crippen molar-refractivity contribution in [3.63, 3.8) is 0 Å². The molecule has 1 rings (SSSR count). The maximum Gasteiger partial charge on any atom is 0.123 e. The normalized spacial score (nSPS) is 10.9. The lowest BCUT2D eigenvalue weighted by Gasteiger charge is -2.21. The number of hydrogen-bond donors (Lipinski definition) is 0. The molecule has 102 valence electrons. The highest BCUT2D eigenvalue weighted by molar-refractivity contribution is 9.10. The summed E-state index contributed by atoms with van der Waals surface area (Å²) in [6.45, 7) is 5.10. The molecule has 0 aliphatic rings. The minimum atomic E-state index is 0.606. The van der Waals surface area contributed by atoms with E-state index in [4.69, 9.17) is 27.9 Å². The molecule has 2 nitrogen and oxygen atoms in total. The van der Waals surface area contributed by atoms with Gasteiger partial charge in [-0.1, -0.05) is 15.9 Å². The number of benzene rings is 1. The fourth-order valence-electron chi connectivity index (χ4n) is 1.72. The van der Waals surface area contributed by atoms with Crippen LogP contribution in [0.15, 0.2) is 22.7 Å². The van der Waals surface area contributed by atoms with Gasteiger partial charge in [-0.2, -0.15) is 0 Å². The van der Waals surface area contributed by atoms with Gasteiger partial charge in [0.1, 0.15) is 5.75 Å². The third kappa shape index (κ3) is 5.35. The third-order valence-electron chi connectivity index (χ3n) is 2.52. The minimum absolute atomic E-state index is 0.606. The molecule has 0 saturated heterocycles. The lowest BCUT2D eigenvalue weighted by molar-refractivity contribution is 0.284. The molecule has 0 unspecified atom stereocenters. The number of hydrogen-bond acceptors (Lipinski definition) is 2. The van der Waals surface area contributed by atoms with Crippen LogP contribution in [0.2, 0.25) is 0 Å². The van der Waals surface area contributed by atoms with E-state index in [0.717, 1.165) is 35.4 Å². The van der Waals surface area contributed by atoms with Gasteiger partial charge in [0.15, 0.2) is 0 Å². The summed E-state index contributed by atoms with van der Waals surface area (Å²) in [5.41, 5.74) is 1.15. The van der Waals surface area contributed by atoms with Gasteiger partial charge in [-0.25, -0.2) is 0 Å². The standard InChI is InChI=1S/C13H18BrCl2NO/c1-2-18-13-4-3-12(14)9-11(13)10-17(7-5-15)8-6-16/h3-4,9H,2,5-8,10H2,1H3. The summed E-state index contributed by atoms with van der Waals surface area (Å²) in [7, 11) is 0. The number of nitrogens with zero attached hydrogens (tertiary/aromatic N) is 1. The zero-order valence-corrected chi connectivity index (χ0v) is 13.6. The van der Waals surface area contributed by atoms with Crippen molar-refractivity contribution in [1.29, 1.82) is 0 Å². The summed E-state index contributed by atoms with van der Waals surface area (Å²) in [4.78, 5) is 2.23. The molecule has 0 saturated carbocycles. The fourth-order valence-corrected chi connectivity index (χ4v) is 2.60. The Kier molecular flexibility index (Phi) is 8.07. The first-order valence-electron chi connectivity index (χ1n) is 5.96. The van der Waals surface area contributed by atoms with Gasteiger partial charge in [0.2, 0.25) is 0 Å². The summed E-state index contributed by atoms with van der Waals surface area (Å²) in [5, 5.41) is 0. The second-order valence-corrected chi connectivity index (χ2v) is 5.51. The molecule has 1 aromatic rings. The highest BCUT2D eigenvalue weighted by atomic mass is 79.9. The van der Waals surface area contributed by atoms with Crippen LogP contribution in [0.4, 0.5) is 0 Å². The third-order valence-corrected chi connectivity index (χ3v) is 3.35. The van der Waals surface area contributed by atoms with Crippen LogP contribution >= 0.6 is 39.1 Å². The van der Waals surface area contributed by atoms with Gasteiger partial charge in [-0.3, -0.25) is 4.90 Å². The smallest absolute Gasteiger partial charge is 0.123 e. The van der Waals surface area contributed by atoms with E-state index in [0.29, 0.717) is 18.4 Å². The Morgan fingerprint density at radius 1 is 1.22 bits per heavy atom. The molecule has 0 aliphatic carbocycles. The maximum atomic E-state index is 5.81. The largest absolute Gasteiger partial charge is 0.494 e. The second kappa shape index (κ2) is 9.03. The molecular weight excluding hydrogens is 337 g/mol. The predicted molar refractivity (Wildman–Crippen MR) is 82.0 cm³/mol. The first-order valence-corrected chi connectivity index (χ1v) is 7.83. The van der Waals surface area contributed by atoms with Crippen molar-refractivity contribution in [2.24, 2.45) is 0 Å². The van der Waals surface area contributed by atoms with Crippen LogP contribution in [0, 0.1) is 0 Å². The summed E-state index contributed by atoms with van der Waals surface area (Å²) >= 11 is 15.1. The molecule has 0 bridgehead atoms. The molecule has 0 atom stereocenters. The molecule has 1 aromatic carbocycles. The van der Waals surface area contributed by atoms with Gasteiger partial charge < -0.3 is 4.74 Å². The van der Waals surface area contributed by atoms with E-state index in [2.05, 4.69) is 26.9 Å². The summed E-state index contributed by atoms with van der Waals surface area (Å²) < 4.78 is 6.69. The Labute approximate surface area is 127 Å². The predicted octanol–water partition coefficient (Wildman–Crippen LogP) is 4.13. The summed E-state index contributed by atoms with van der Waals surface area (Å²) in [5.74, 6) is 2.14. The molecule has 0 heterocycles. The summed E-state index contributed by atoms with van der Waals surface area (Å²) in [6, 6.07) is 6.06. The molecule has 18 heavy (non-hydrogen) atoms. The Bertz CT molecular complexity index is 357. The van der Waals surface area contributed by atoms with E-state index in [9.17, 15) is 0 Å². The monoisotopic (exact) mass is 353 g/mol. The molecule has 0 N–H and O–H groups in total. The topological polar surface area (TPSA) is 12.5 Å². The Morgan fingerprint density at radius 3 is 2.44 bits per heavy atom. The Hall–Kier alpha value is 0.0400. The Morgan fingerprint density at radius 2 is 1.89 bits per heavy atom. The Balaban J connectivity index is 2.81. The van der Waals surface area contributed by atoms with E-state index in [1.54, 1.807) is 0 Å². The van der Waals surface area contributed by atoms with Crippen molar-refractivity contribution < 1.29 is 4.74 Å². The lowest BCUT2D eigenvalue weighted by Crippen LogP contribution is -2.27. The SMILES string of the molecule is CCOc1ccc(Br)cc1CN(CCCl)CCCl. The zero-order valence-electron chi connectivity index (χ0n) is 10.5. The van der Waals surface area contributed by atoms with E-state index >= 15 is 0 Å². The molecule has 5 heteroatoms. The van der Waals surface area contributed by atoms with E-state index in [1.165, 1.54) is 0 Å². The van der Waals surface area contributed by atoms with Crippen LogP contribution in [0.1, 0.15) is 12.5 Å². The minimum Gasteiger partial charge on any atom is -0.494 e. The number of rotatable bonds is 8. The highest BCUT2D eigenvalue weighted by Gasteiger charge is 2.10. The number of alkyl halides is 2. The van der Waals surface area contributed by atoms with Gasteiger partial charge in [0.05, 0.1) is 6.61 Å². The van der Waals surface area contributed by atoms with Crippen LogP contribution in [-0.4, -0.2) is 36.4 Å². The van der Waals surface area contributed by atoms with Crippen molar-refractivity contribution in [2.75, 3.05) is 31.5 Å². The van der Waals surface area contributed by atoms with Gasteiger partial charge in [-0.15, -0.1) is 23.2 Å². The molecule has 0 radical (unpaired) electrons. The van der Waals surface area contributed by atoms with Crippen LogP contribution < -0.4 is 4.74 Å². The average Bonchev–Trinajstić information content (AvgIpc) is 2.33. The van der Waals surface area contributed by atoms with E-state index in [-0.39, 0.29) is 0 Å². The molecule has 0 spiro atoms. The van der Waals surface area contributed by atoms with E-state index < -0.39 is 0 Å². The molecule has 0 aliphatic heterocycles. The van der Waals surface area contributed by atoms with Crippen molar-refractivity contribution >= 4 is 39.1 Å². The molecular formula is C13H18BrCl2NO. The second-order valence-electron chi connectivity index (χ2n) is 3.84. The van der Waals surface area contributed by atoms with Gasteiger partial charge in [0.25, 0.3) is 0 Å². The average molecular weight is 355 g/mol. The van der Waals surface area contributed by atoms with Crippen molar-refractivity contribution in [1.82, 2.24) is 4.90 Å². The van der Waals surface area contributed by atoms with Crippen LogP contribution in [0.3, 0.4) is 0 Å².